The van der Waals surface area contributed by atoms with E-state index in [1.165, 1.54) is 12.1 Å². The highest BCUT2D eigenvalue weighted by atomic mass is 16.7. The van der Waals surface area contributed by atoms with Crippen LogP contribution in [0.1, 0.15) is 68.7 Å². The van der Waals surface area contributed by atoms with E-state index in [-0.39, 0.29) is 89.4 Å². The van der Waals surface area contributed by atoms with Crippen molar-refractivity contribution in [3.05, 3.63) is 88.0 Å². The second kappa shape index (κ2) is 13.8. The molecule has 1 saturated carbocycles. The lowest BCUT2D eigenvalue weighted by Gasteiger charge is -2.45. The van der Waals surface area contributed by atoms with Gasteiger partial charge in [0.1, 0.15) is 37.7 Å². The molecule has 7 N–H and O–H groups in total. The predicted octanol–water partition coefficient (Wildman–Crippen LogP) is 0.387. The van der Waals surface area contributed by atoms with Gasteiger partial charge in [-0.05, 0) is 30.5 Å². The van der Waals surface area contributed by atoms with Gasteiger partial charge < -0.3 is 50.4 Å². The highest BCUT2D eigenvalue weighted by Crippen LogP contribution is 2.46. The van der Waals surface area contributed by atoms with Gasteiger partial charge in [0.2, 0.25) is 12.2 Å². The lowest BCUT2D eigenvalue weighted by molar-refractivity contribution is -0.304. The molecular weight excluding hydrogens is 702 g/mol. The number of carbonyl (C=O) groups excluding carboxylic acids is 3. The zero-order valence-electron chi connectivity index (χ0n) is 28.8. The molecule has 0 bridgehead atoms. The predicted molar refractivity (Wildman–Crippen MR) is 191 cm³/mol. The van der Waals surface area contributed by atoms with Gasteiger partial charge in [-0.1, -0.05) is 55.3 Å². The Bertz CT molecular complexity index is 2160. The van der Waals surface area contributed by atoms with E-state index >= 15 is 0 Å². The van der Waals surface area contributed by atoms with Gasteiger partial charge in [0.15, 0.2) is 34.6 Å². The van der Waals surface area contributed by atoms with Gasteiger partial charge in [-0.15, -0.1) is 0 Å². The number of rotatable bonds is 9. The normalized spacial score (nSPS) is 25.7. The number of hydrogen-bond acceptors (Lipinski definition) is 15. The number of fused-ring (bicyclic) bond motifs is 3. The number of aliphatic hydroxyl groups is 5. The maximum Gasteiger partial charge on any atom is 0.302 e. The molecule has 2 aliphatic carbocycles. The Balaban J connectivity index is 1.27. The van der Waals surface area contributed by atoms with Crippen LogP contribution in [0.5, 0.6) is 11.5 Å². The summed E-state index contributed by atoms with van der Waals surface area (Å²) in [5.41, 5.74) is 5.96. The van der Waals surface area contributed by atoms with E-state index in [2.05, 4.69) is 15.0 Å². The third-order valence-electron chi connectivity index (χ3n) is 10.5. The average molecular weight is 740 g/mol. The van der Waals surface area contributed by atoms with Crippen LogP contribution in [0.3, 0.4) is 0 Å². The van der Waals surface area contributed by atoms with E-state index in [9.17, 15) is 39.9 Å². The molecule has 0 aromatic heterocycles. The number of nitrogens with zero attached hydrogens (tertiary/aromatic N) is 4. The Hall–Kier alpha value is -5.36. The number of ether oxygens (including phenoxy) is 3. The summed E-state index contributed by atoms with van der Waals surface area (Å²) in [6.45, 7) is -0.782. The topological polar surface area (TPSA) is 246 Å². The summed E-state index contributed by atoms with van der Waals surface area (Å²) >= 11 is 0. The van der Waals surface area contributed by atoms with Crippen LogP contribution in [0.25, 0.3) is 0 Å². The van der Waals surface area contributed by atoms with Crippen molar-refractivity contribution in [1.82, 2.24) is 0 Å². The molecule has 5 aliphatic rings. The summed E-state index contributed by atoms with van der Waals surface area (Å²) in [5.74, 6) is -2.03. The first-order chi connectivity index (χ1) is 26.0. The highest BCUT2D eigenvalue weighted by Gasteiger charge is 2.54. The summed E-state index contributed by atoms with van der Waals surface area (Å²) < 4.78 is 18.5. The number of ketones is 2. The number of nitrogens with two attached hydrogens (primary N) is 1. The van der Waals surface area contributed by atoms with Crippen molar-refractivity contribution < 1.29 is 54.1 Å². The number of anilines is 1. The Kier molecular flexibility index (Phi) is 9.12. The number of guanidine groups is 1. The molecule has 1 saturated heterocycles. The van der Waals surface area contributed by atoms with Crippen molar-refractivity contribution in [2.45, 2.75) is 68.4 Å². The van der Waals surface area contributed by atoms with Gasteiger partial charge >= 0.3 is 5.91 Å². The van der Waals surface area contributed by atoms with Crippen LogP contribution in [-0.4, -0.2) is 117 Å². The monoisotopic (exact) mass is 739 g/mol. The quantitative estimate of drug-likeness (QED) is 0.136. The van der Waals surface area contributed by atoms with Crippen LogP contribution < -0.4 is 20.1 Å². The first kappa shape index (κ1) is 35.7. The molecule has 16 nitrogen and oxygen atoms in total. The fourth-order valence-electron chi connectivity index (χ4n) is 7.87. The maximum atomic E-state index is 14.2. The fraction of sp³-hybridized carbons (Fsp3) is 0.368. The lowest BCUT2D eigenvalue weighted by Crippen LogP contribution is -2.65. The second-order valence-electron chi connectivity index (χ2n) is 13.8. The van der Waals surface area contributed by atoms with E-state index in [0.717, 1.165) is 0 Å². The number of aliphatic hydroxyl groups excluding tert-OH is 4. The number of para-hydroxylation sites is 1. The first-order valence-corrected chi connectivity index (χ1v) is 17.6. The molecule has 0 unspecified atom stereocenters. The Morgan fingerprint density at radius 3 is 2.31 bits per heavy atom. The molecule has 5 atom stereocenters. The van der Waals surface area contributed by atoms with Crippen LogP contribution in [0.15, 0.2) is 69.6 Å². The van der Waals surface area contributed by atoms with Crippen LogP contribution >= 0.6 is 0 Å². The van der Waals surface area contributed by atoms with Crippen molar-refractivity contribution in [3.8, 4) is 11.5 Å². The van der Waals surface area contributed by atoms with Crippen molar-refractivity contribution in [1.29, 1.82) is 0 Å². The Morgan fingerprint density at radius 2 is 1.57 bits per heavy atom. The second-order valence-corrected chi connectivity index (χ2v) is 13.8. The summed E-state index contributed by atoms with van der Waals surface area (Å²) in [5, 5.41) is 54.5. The van der Waals surface area contributed by atoms with Gasteiger partial charge in [0, 0.05) is 34.4 Å². The standard InChI is InChI=1S/C38H37N5O11/c39-37-41-34-25(35(50)42-37)40-17-43(34)23-10-4-1-7-18(23)15-19-16-22-24(27(46)21-9-3-2-8-20(21)26(22)45)32(52-14-13-44)31(19)53-36-30(49)28(47)29(48)33(54-36)38(51)11-5-6-12-38/h1-4,7-10,16,28-30,33,36,44,47-49,51H,5-6,11-15,17H2,(H2,39,42,50)/t28-,29-,30+,33-,36+/m1/s1. The minimum Gasteiger partial charge on any atom is -0.486 e. The Morgan fingerprint density at radius 1 is 0.870 bits per heavy atom. The third kappa shape index (κ3) is 5.87. The van der Waals surface area contributed by atoms with Crippen molar-refractivity contribution in [3.63, 3.8) is 0 Å². The zero-order valence-corrected chi connectivity index (χ0v) is 28.8. The number of hydrogen-bond donors (Lipinski definition) is 6. The molecule has 280 valence electrons. The fourth-order valence-corrected chi connectivity index (χ4v) is 7.87. The van der Waals surface area contributed by atoms with E-state index in [1.54, 1.807) is 47.4 Å². The van der Waals surface area contributed by atoms with E-state index in [0.29, 0.717) is 24.1 Å². The molecule has 2 fully saturated rings. The highest BCUT2D eigenvalue weighted by molar-refractivity contribution is 6.72. The van der Waals surface area contributed by atoms with Crippen molar-refractivity contribution in [2.24, 2.45) is 20.7 Å². The third-order valence-corrected chi connectivity index (χ3v) is 10.5. The first-order valence-electron chi connectivity index (χ1n) is 17.6. The lowest BCUT2D eigenvalue weighted by atomic mass is 9.81. The smallest absolute Gasteiger partial charge is 0.302 e. The van der Waals surface area contributed by atoms with Gasteiger partial charge in [-0.25, -0.2) is 0 Å². The molecule has 3 aromatic rings. The summed E-state index contributed by atoms with van der Waals surface area (Å²) in [7, 11) is 0. The van der Waals surface area contributed by atoms with Gasteiger partial charge in [0.05, 0.1) is 17.8 Å². The molecular formula is C38H37N5O11. The summed E-state index contributed by atoms with van der Waals surface area (Å²) in [6.07, 6.45) is -6.49. The summed E-state index contributed by atoms with van der Waals surface area (Å²) in [4.78, 5) is 54.8. The molecule has 1 amide bonds. The van der Waals surface area contributed by atoms with Crippen LogP contribution in [0, 0.1) is 0 Å². The minimum atomic E-state index is -1.84. The molecule has 3 aliphatic heterocycles. The van der Waals surface area contributed by atoms with Gasteiger partial charge in [0.25, 0.3) is 0 Å². The molecule has 3 heterocycles. The van der Waals surface area contributed by atoms with Gasteiger partial charge in [-0.3, -0.25) is 19.4 Å². The molecule has 8 rings (SSSR count). The van der Waals surface area contributed by atoms with E-state index in [1.807, 2.05) is 0 Å². The number of benzene rings is 3. The van der Waals surface area contributed by atoms with Crippen molar-refractivity contribution >= 4 is 40.7 Å². The van der Waals surface area contributed by atoms with Crippen LogP contribution in [0.2, 0.25) is 0 Å². The Labute approximate surface area is 307 Å². The van der Waals surface area contributed by atoms with E-state index in [4.69, 9.17) is 19.9 Å². The SMILES string of the molecule is NC1=NC(=O)C2=NCN(c3ccccc3Cc3cc4c(c(OCCO)c3O[C@H]3O[C@@H](C5(O)CCCC5)[C@H](O)[C@@H](O)[C@@H]3O)C(=O)c3ccccc3C4=O)C2=N1. The largest absolute Gasteiger partial charge is 0.486 e. The van der Waals surface area contributed by atoms with Crippen LogP contribution in [-0.2, 0) is 16.0 Å². The molecule has 3 aromatic carbocycles. The minimum absolute atomic E-state index is 0.00297. The zero-order chi connectivity index (χ0) is 37.9. The molecule has 16 heteroatoms. The van der Waals surface area contributed by atoms with Crippen molar-refractivity contribution in [2.75, 3.05) is 24.8 Å². The molecule has 0 radical (unpaired) electrons. The number of aliphatic imine (C=N–C) groups is 3. The number of amidine groups is 1. The molecule has 54 heavy (non-hydrogen) atoms. The van der Waals surface area contributed by atoms with Gasteiger partial charge in [-0.2, -0.15) is 9.98 Å². The number of amides is 1. The maximum absolute atomic E-state index is 14.2. The average Bonchev–Trinajstić information content (AvgIpc) is 3.81. The number of carbonyl (C=O) groups is 3. The van der Waals surface area contributed by atoms with E-state index < -0.39 is 60.4 Å². The van der Waals surface area contributed by atoms with Crippen LogP contribution in [0.4, 0.5) is 5.69 Å². The summed E-state index contributed by atoms with van der Waals surface area (Å²) in [6, 6.07) is 14.9. The molecule has 0 spiro atoms.